The molecule has 0 atom stereocenters. The first kappa shape index (κ1) is 11.6. The van der Waals surface area contributed by atoms with Crippen molar-refractivity contribution in [1.29, 1.82) is 0 Å². The van der Waals surface area contributed by atoms with E-state index >= 15 is 0 Å². The third kappa shape index (κ3) is 1.99. The molecule has 1 aliphatic heterocycles. The quantitative estimate of drug-likeness (QED) is 0.736. The molecule has 0 radical (unpaired) electrons. The molecule has 2 rings (SSSR count). The number of fused-ring (bicyclic) bond motifs is 1. The highest BCUT2D eigenvalue weighted by molar-refractivity contribution is 5.37. The van der Waals surface area contributed by atoms with Crippen LogP contribution >= 0.6 is 0 Å². The lowest BCUT2D eigenvalue weighted by Gasteiger charge is -2.18. The van der Waals surface area contributed by atoms with Crippen LogP contribution in [0.1, 0.15) is 50.3 Å². The lowest BCUT2D eigenvalue weighted by atomic mass is 9.98. The van der Waals surface area contributed by atoms with E-state index in [0.717, 1.165) is 24.2 Å². The molecule has 0 spiro atoms. The Labute approximate surface area is 97.3 Å². The third-order valence-corrected chi connectivity index (χ3v) is 3.44. The molecule has 0 fully saturated rings. The van der Waals surface area contributed by atoms with Crippen LogP contribution in [0.25, 0.3) is 0 Å². The molecule has 0 aromatic heterocycles. The highest BCUT2D eigenvalue weighted by Crippen LogP contribution is 2.30. The molecule has 16 heavy (non-hydrogen) atoms. The standard InChI is InChI=1S/C14H20FN/c1-9(2)11-5-12-7-16(10(3)4)8-13(12)14(15)6-11/h5-6,9-10H,7-8H2,1-4H3. The maximum absolute atomic E-state index is 13.9. The summed E-state index contributed by atoms with van der Waals surface area (Å²) >= 11 is 0. The highest BCUT2D eigenvalue weighted by atomic mass is 19.1. The molecule has 1 aromatic carbocycles. The van der Waals surface area contributed by atoms with Crippen molar-refractivity contribution in [3.05, 3.63) is 34.6 Å². The van der Waals surface area contributed by atoms with Crippen LogP contribution in [0, 0.1) is 5.82 Å². The molecule has 0 amide bonds. The second kappa shape index (κ2) is 4.17. The van der Waals surface area contributed by atoms with Crippen molar-refractivity contribution in [1.82, 2.24) is 4.90 Å². The molecular weight excluding hydrogens is 201 g/mol. The van der Waals surface area contributed by atoms with Gasteiger partial charge in [0.1, 0.15) is 5.82 Å². The predicted octanol–water partition coefficient (Wildman–Crippen LogP) is 3.67. The summed E-state index contributed by atoms with van der Waals surface area (Å²) < 4.78 is 13.9. The first-order valence-electron chi connectivity index (χ1n) is 6.04. The molecule has 1 aliphatic rings. The van der Waals surface area contributed by atoms with Gasteiger partial charge in [-0.15, -0.1) is 0 Å². The van der Waals surface area contributed by atoms with Gasteiger partial charge in [0.2, 0.25) is 0 Å². The van der Waals surface area contributed by atoms with Crippen molar-refractivity contribution in [2.45, 2.75) is 52.7 Å². The first-order chi connectivity index (χ1) is 7.49. The molecule has 1 aromatic rings. The lowest BCUT2D eigenvalue weighted by molar-refractivity contribution is 0.226. The molecule has 1 heterocycles. The number of hydrogen-bond donors (Lipinski definition) is 0. The zero-order valence-corrected chi connectivity index (χ0v) is 10.5. The van der Waals surface area contributed by atoms with Crippen LogP contribution in [0.3, 0.4) is 0 Å². The van der Waals surface area contributed by atoms with Crippen LogP contribution in [0.15, 0.2) is 12.1 Å². The molecule has 88 valence electrons. The Morgan fingerprint density at radius 3 is 2.38 bits per heavy atom. The Morgan fingerprint density at radius 1 is 1.12 bits per heavy atom. The van der Waals surface area contributed by atoms with Gasteiger partial charge in [-0.1, -0.05) is 19.9 Å². The van der Waals surface area contributed by atoms with Crippen molar-refractivity contribution < 1.29 is 4.39 Å². The average Bonchev–Trinajstić information content (AvgIpc) is 2.61. The SMILES string of the molecule is CC(C)c1cc(F)c2c(c1)CN(C(C)C)C2. The maximum atomic E-state index is 13.9. The summed E-state index contributed by atoms with van der Waals surface area (Å²) in [6, 6.07) is 4.35. The predicted molar refractivity (Wildman–Crippen MR) is 64.9 cm³/mol. The zero-order valence-electron chi connectivity index (χ0n) is 10.5. The van der Waals surface area contributed by atoms with Crippen molar-refractivity contribution in [3.63, 3.8) is 0 Å². The fourth-order valence-electron chi connectivity index (χ4n) is 2.21. The van der Waals surface area contributed by atoms with E-state index in [1.54, 1.807) is 6.07 Å². The summed E-state index contributed by atoms with van der Waals surface area (Å²) in [7, 11) is 0. The molecular formula is C14H20FN. The van der Waals surface area contributed by atoms with E-state index in [0.29, 0.717) is 12.0 Å². The summed E-state index contributed by atoms with van der Waals surface area (Å²) in [4.78, 5) is 2.30. The third-order valence-electron chi connectivity index (χ3n) is 3.44. The fraction of sp³-hybridized carbons (Fsp3) is 0.571. The summed E-state index contributed by atoms with van der Waals surface area (Å²) in [5, 5.41) is 0. The largest absolute Gasteiger partial charge is 0.292 e. The molecule has 2 heteroatoms. The van der Waals surface area contributed by atoms with Gasteiger partial charge in [0.05, 0.1) is 0 Å². The van der Waals surface area contributed by atoms with E-state index in [2.05, 4.69) is 38.7 Å². The number of nitrogens with zero attached hydrogens (tertiary/aromatic N) is 1. The Kier molecular flexibility index (Phi) is 3.02. The van der Waals surface area contributed by atoms with Crippen LogP contribution in [-0.2, 0) is 13.1 Å². The van der Waals surface area contributed by atoms with E-state index in [9.17, 15) is 4.39 Å². The second-order valence-electron chi connectivity index (χ2n) is 5.29. The number of hydrogen-bond acceptors (Lipinski definition) is 1. The maximum Gasteiger partial charge on any atom is 0.128 e. The van der Waals surface area contributed by atoms with Gasteiger partial charge in [-0.3, -0.25) is 4.90 Å². The van der Waals surface area contributed by atoms with Crippen molar-refractivity contribution in [2.75, 3.05) is 0 Å². The minimum absolute atomic E-state index is 0.0237. The summed E-state index contributed by atoms with van der Waals surface area (Å²) in [6.07, 6.45) is 0. The van der Waals surface area contributed by atoms with Crippen molar-refractivity contribution in [2.24, 2.45) is 0 Å². The van der Waals surface area contributed by atoms with Crippen LogP contribution in [0.4, 0.5) is 4.39 Å². The van der Waals surface area contributed by atoms with Gasteiger partial charge in [0.25, 0.3) is 0 Å². The lowest BCUT2D eigenvalue weighted by Crippen LogP contribution is -2.24. The van der Waals surface area contributed by atoms with Gasteiger partial charge in [0.15, 0.2) is 0 Å². The van der Waals surface area contributed by atoms with Crippen LogP contribution < -0.4 is 0 Å². The minimum Gasteiger partial charge on any atom is -0.292 e. The van der Waals surface area contributed by atoms with Crippen molar-refractivity contribution >= 4 is 0 Å². The summed E-state index contributed by atoms with van der Waals surface area (Å²) in [5.41, 5.74) is 3.19. The smallest absolute Gasteiger partial charge is 0.128 e. The fourth-order valence-corrected chi connectivity index (χ4v) is 2.21. The Hall–Kier alpha value is -0.890. The van der Waals surface area contributed by atoms with Gasteiger partial charge in [-0.2, -0.15) is 0 Å². The van der Waals surface area contributed by atoms with E-state index in [1.807, 2.05) is 0 Å². The highest BCUT2D eigenvalue weighted by Gasteiger charge is 2.24. The summed E-state index contributed by atoms with van der Waals surface area (Å²) in [6.45, 7) is 10.2. The normalized spacial score (nSPS) is 16.2. The average molecular weight is 221 g/mol. The molecule has 0 saturated heterocycles. The zero-order chi connectivity index (χ0) is 11.9. The van der Waals surface area contributed by atoms with Gasteiger partial charge < -0.3 is 0 Å². The van der Waals surface area contributed by atoms with Crippen molar-refractivity contribution in [3.8, 4) is 0 Å². The Morgan fingerprint density at radius 2 is 1.81 bits per heavy atom. The molecule has 0 aliphatic carbocycles. The van der Waals surface area contributed by atoms with E-state index in [4.69, 9.17) is 0 Å². The first-order valence-corrected chi connectivity index (χ1v) is 6.04. The molecule has 1 nitrogen and oxygen atoms in total. The molecule has 0 unspecified atom stereocenters. The van der Waals surface area contributed by atoms with Crippen LogP contribution in [0.2, 0.25) is 0 Å². The van der Waals surface area contributed by atoms with E-state index in [-0.39, 0.29) is 5.82 Å². The van der Waals surface area contributed by atoms with Gasteiger partial charge in [0, 0.05) is 24.7 Å². The molecule has 0 bridgehead atoms. The Bertz CT molecular complexity index is 396. The van der Waals surface area contributed by atoms with E-state index in [1.165, 1.54) is 5.56 Å². The molecule has 0 N–H and O–H groups in total. The topological polar surface area (TPSA) is 3.24 Å². The van der Waals surface area contributed by atoms with E-state index < -0.39 is 0 Å². The number of halogens is 1. The summed E-state index contributed by atoms with van der Waals surface area (Å²) in [5.74, 6) is 0.372. The number of rotatable bonds is 2. The van der Waals surface area contributed by atoms with Crippen LogP contribution in [0.5, 0.6) is 0 Å². The number of benzene rings is 1. The van der Waals surface area contributed by atoms with Crippen LogP contribution in [-0.4, -0.2) is 10.9 Å². The minimum atomic E-state index is -0.0237. The molecule has 0 saturated carbocycles. The second-order valence-corrected chi connectivity index (χ2v) is 5.29. The van der Waals surface area contributed by atoms with Gasteiger partial charge in [-0.05, 0) is 37.0 Å². The monoisotopic (exact) mass is 221 g/mol. The van der Waals surface area contributed by atoms with Gasteiger partial charge >= 0.3 is 0 Å². The van der Waals surface area contributed by atoms with Gasteiger partial charge in [-0.25, -0.2) is 4.39 Å². The Balaban J connectivity index is 2.35.